The number of fused-ring (bicyclic) bond motifs is 4. The van der Waals surface area contributed by atoms with Crippen LogP contribution >= 0.6 is 11.8 Å². The maximum Gasteiger partial charge on any atom is 0.240 e. The normalized spacial score (nSPS) is 15.0. The summed E-state index contributed by atoms with van der Waals surface area (Å²) < 4.78 is 0. The van der Waals surface area contributed by atoms with E-state index in [4.69, 9.17) is 0 Å². The highest BCUT2D eigenvalue weighted by molar-refractivity contribution is 8.00. The molecule has 0 fully saturated rings. The fourth-order valence-electron chi connectivity index (χ4n) is 3.75. The topological polar surface area (TPSA) is 74.8 Å². The van der Waals surface area contributed by atoms with Crippen molar-refractivity contribution in [1.82, 2.24) is 20.2 Å². The van der Waals surface area contributed by atoms with E-state index in [1.54, 1.807) is 0 Å². The van der Waals surface area contributed by atoms with E-state index in [2.05, 4.69) is 26.2 Å². The maximum absolute atomic E-state index is 13.1. The second kappa shape index (κ2) is 6.91. The molecule has 0 spiro atoms. The molecule has 28 heavy (non-hydrogen) atoms. The van der Waals surface area contributed by atoms with E-state index in [1.165, 1.54) is 17.3 Å². The molecule has 3 heterocycles. The van der Waals surface area contributed by atoms with Gasteiger partial charge in [-0.1, -0.05) is 48.2 Å². The van der Waals surface area contributed by atoms with Crippen molar-refractivity contribution >= 4 is 45.4 Å². The molecule has 0 saturated carbocycles. The minimum Gasteiger partial charge on any atom is -0.338 e. The highest BCUT2D eigenvalue weighted by atomic mass is 32.2. The van der Waals surface area contributed by atoms with Gasteiger partial charge in [-0.15, -0.1) is 10.2 Å². The summed E-state index contributed by atoms with van der Waals surface area (Å²) in [5.74, 6) is 0.0810. The Morgan fingerprint density at radius 2 is 1.96 bits per heavy atom. The lowest BCUT2D eigenvalue weighted by Crippen LogP contribution is -2.40. The molecule has 1 atom stereocenters. The molecule has 1 amide bonds. The lowest BCUT2D eigenvalue weighted by molar-refractivity contribution is -0.117. The van der Waals surface area contributed by atoms with Crippen molar-refractivity contribution < 1.29 is 4.79 Å². The SMILES string of the molecule is CC(Sc1nnc2c(n1)[nH]c1ccccc12)C(=O)N1CCCc2ccccc21. The number of hydrogen-bond acceptors (Lipinski definition) is 5. The summed E-state index contributed by atoms with van der Waals surface area (Å²) in [7, 11) is 0. The number of anilines is 1. The van der Waals surface area contributed by atoms with Crippen LogP contribution in [0.4, 0.5) is 5.69 Å². The molecule has 2 aromatic heterocycles. The van der Waals surface area contributed by atoms with Crippen molar-refractivity contribution in [2.75, 3.05) is 11.4 Å². The first-order chi connectivity index (χ1) is 13.7. The summed E-state index contributed by atoms with van der Waals surface area (Å²) in [6.45, 7) is 2.66. The maximum atomic E-state index is 13.1. The highest BCUT2D eigenvalue weighted by Gasteiger charge is 2.27. The number of aryl methyl sites for hydroxylation is 1. The van der Waals surface area contributed by atoms with Crippen molar-refractivity contribution in [3.63, 3.8) is 0 Å². The first-order valence-corrected chi connectivity index (χ1v) is 10.3. The quantitative estimate of drug-likeness (QED) is 0.537. The lowest BCUT2D eigenvalue weighted by atomic mass is 10.0. The van der Waals surface area contributed by atoms with Gasteiger partial charge < -0.3 is 9.88 Å². The number of aromatic nitrogens is 4. The summed E-state index contributed by atoms with van der Waals surface area (Å²) in [4.78, 5) is 22.8. The van der Waals surface area contributed by atoms with Gasteiger partial charge in [0.25, 0.3) is 0 Å². The molecule has 0 saturated heterocycles. The van der Waals surface area contributed by atoms with Gasteiger partial charge in [0.05, 0.1) is 5.25 Å². The average molecular weight is 389 g/mol. The molecular formula is C21H19N5OS. The van der Waals surface area contributed by atoms with Gasteiger partial charge in [0.2, 0.25) is 11.1 Å². The molecule has 1 aliphatic rings. The zero-order chi connectivity index (χ0) is 19.1. The van der Waals surface area contributed by atoms with Gasteiger partial charge in [0, 0.05) is 23.1 Å². The highest BCUT2D eigenvalue weighted by Crippen LogP contribution is 2.30. The number of nitrogens with one attached hydrogen (secondary N) is 1. The minimum atomic E-state index is -0.296. The van der Waals surface area contributed by atoms with Crippen LogP contribution in [0, 0.1) is 0 Å². The van der Waals surface area contributed by atoms with Crippen LogP contribution in [0.2, 0.25) is 0 Å². The van der Waals surface area contributed by atoms with Gasteiger partial charge in [0.15, 0.2) is 5.65 Å². The van der Waals surface area contributed by atoms with Crippen molar-refractivity contribution in [3.05, 3.63) is 54.1 Å². The minimum absolute atomic E-state index is 0.0810. The number of aromatic amines is 1. The van der Waals surface area contributed by atoms with Crippen LogP contribution in [0.5, 0.6) is 0 Å². The number of hydrogen-bond donors (Lipinski definition) is 1. The number of benzene rings is 2. The Kier molecular flexibility index (Phi) is 4.24. The van der Waals surface area contributed by atoms with Gasteiger partial charge in [-0.05, 0) is 37.5 Å². The van der Waals surface area contributed by atoms with E-state index >= 15 is 0 Å². The number of nitrogens with zero attached hydrogens (tertiary/aromatic N) is 4. The van der Waals surface area contributed by atoms with E-state index in [0.717, 1.165) is 41.5 Å². The Balaban J connectivity index is 1.40. The zero-order valence-electron chi connectivity index (χ0n) is 15.4. The monoisotopic (exact) mass is 389 g/mol. The summed E-state index contributed by atoms with van der Waals surface area (Å²) in [5, 5.41) is 9.80. The number of para-hydroxylation sites is 2. The third-order valence-electron chi connectivity index (χ3n) is 5.11. The number of carbonyl (C=O) groups is 1. The smallest absolute Gasteiger partial charge is 0.240 e. The molecule has 0 bridgehead atoms. The third-order valence-corrected chi connectivity index (χ3v) is 6.05. The Morgan fingerprint density at radius 3 is 2.89 bits per heavy atom. The molecule has 6 nitrogen and oxygen atoms in total. The summed E-state index contributed by atoms with van der Waals surface area (Å²) in [5.41, 5.74) is 4.69. The number of amides is 1. The van der Waals surface area contributed by atoms with Crippen LogP contribution < -0.4 is 4.90 Å². The largest absolute Gasteiger partial charge is 0.338 e. The number of thioether (sulfide) groups is 1. The summed E-state index contributed by atoms with van der Waals surface area (Å²) >= 11 is 1.35. The van der Waals surface area contributed by atoms with Crippen LogP contribution in [0.3, 0.4) is 0 Å². The molecule has 0 radical (unpaired) electrons. The van der Waals surface area contributed by atoms with E-state index in [1.807, 2.05) is 54.3 Å². The van der Waals surface area contributed by atoms with E-state index < -0.39 is 0 Å². The van der Waals surface area contributed by atoms with Gasteiger partial charge in [-0.2, -0.15) is 0 Å². The molecule has 140 valence electrons. The van der Waals surface area contributed by atoms with Gasteiger partial charge in [-0.3, -0.25) is 4.79 Å². The molecule has 1 unspecified atom stereocenters. The third kappa shape index (κ3) is 2.92. The molecule has 7 heteroatoms. The average Bonchev–Trinajstić information content (AvgIpc) is 3.10. The molecule has 1 N–H and O–H groups in total. The Bertz CT molecular complexity index is 1190. The predicted octanol–water partition coefficient (Wildman–Crippen LogP) is 3.97. The van der Waals surface area contributed by atoms with Crippen molar-refractivity contribution in [3.8, 4) is 0 Å². The number of carbonyl (C=O) groups excluding carboxylic acids is 1. The van der Waals surface area contributed by atoms with Crippen molar-refractivity contribution in [2.45, 2.75) is 30.2 Å². The van der Waals surface area contributed by atoms with E-state index in [0.29, 0.717) is 10.8 Å². The summed E-state index contributed by atoms with van der Waals surface area (Å²) in [6, 6.07) is 16.1. The molecular weight excluding hydrogens is 370 g/mol. The molecule has 2 aromatic carbocycles. The van der Waals surface area contributed by atoms with Crippen molar-refractivity contribution in [1.29, 1.82) is 0 Å². The molecule has 5 rings (SSSR count). The first kappa shape index (κ1) is 17.2. The number of rotatable bonds is 3. The fraction of sp³-hybridized carbons (Fsp3) is 0.238. The van der Waals surface area contributed by atoms with Gasteiger partial charge >= 0.3 is 0 Å². The zero-order valence-corrected chi connectivity index (χ0v) is 16.2. The van der Waals surface area contributed by atoms with Crippen LogP contribution in [0.15, 0.2) is 53.7 Å². The Morgan fingerprint density at radius 1 is 1.14 bits per heavy atom. The van der Waals surface area contributed by atoms with Crippen molar-refractivity contribution in [2.24, 2.45) is 0 Å². The standard InChI is InChI=1S/C21H19N5OS/c1-13(20(27)26-12-6-8-14-7-2-5-11-17(14)26)28-21-23-19-18(24-25-21)15-9-3-4-10-16(15)22-19/h2-5,7,9-11,13H,6,8,12H2,1H3,(H,22,23,25). The van der Waals surface area contributed by atoms with Gasteiger partial charge in [-0.25, -0.2) is 4.98 Å². The van der Waals surface area contributed by atoms with E-state index in [9.17, 15) is 4.79 Å². The first-order valence-electron chi connectivity index (χ1n) is 9.38. The van der Waals surface area contributed by atoms with Crippen LogP contribution in [-0.4, -0.2) is 37.9 Å². The fourth-order valence-corrected chi connectivity index (χ4v) is 4.52. The lowest BCUT2D eigenvalue weighted by Gasteiger charge is -2.31. The van der Waals surface area contributed by atoms with Gasteiger partial charge in [0.1, 0.15) is 5.52 Å². The predicted molar refractivity (Wildman–Crippen MR) is 112 cm³/mol. The molecule has 0 aliphatic carbocycles. The number of H-pyrrole nitrogens is 1. The molecule has 1 aliphatic heterocycles. The Hall–Kier alpha value is -2.93. The van der Waals surface area contributed by atoms with Crippen LogP contribution in [0.1, 0.15) is 18.9 Å². The summed E-state index contributed by atoms with van der Waals surface area (Å²) in [6.07, 6.45) is 2.00. The second-order valence-corrected chi connectivity index (χ2v) is 8.25. The second-order valence-electron chi connectivity index (χ2n) is 6.94. The van der Waals surface area contributed by atoms with E-state index in [-0.39, 0.29) is 11.2 Å². The van der Waals surface area contributed by atoms with Crippen LogP contribution in [-0.2, 0) is 11.2 Å². The van der Waals surface area contributed by atoms with Crippen LogP contribution in [0.25, 0.3) is 22.1 Å². The Labute approximate surface area is 166 Å². The molecule has 4 aromatic rings.